The minimum atomic E-state index is 0.178. The van der Waals surface area contributed by atoms with Crippen molar-refractivity contribution in [3.05, 3.63) is 53.6 Å². The number of fused-ring (bicyclic) bond motifs is 2. The molecule has 0 heterocycles. The molecule has 0 aliphatic heterocycles. The van der Waals surface area contributed by atoms with Crippen LogP contribution >= 0.6 is 11.8 Å². The second kappa shape index (κ2) is 7.48. The van der Waals surface area contributed by atoms with Crippen LogP contribution in [0.15, 0.2) is 52.3 Å². The number of rotatable bonds is 5. The van der Waals surface area contributed by atoms with Gasteiger partial charge in [-0.15, -0.1) is 0 Å². The van der Waals surface area contributed by atoms with Gasteiger partial charge < -0.3 is 5.32 Å². The summed E-state index contributed by atoms with van der Waals surface area (Å²) >= 11 is 1.78. The molecule has 2 aromatic carbocycles. The molecule has 1 amide bonds. The summed E-state index contributed by atoms with van der Waals surface area (Å²) in [5, 5.41) is 3.09. The maximum Gasteiger partial charge on any atom is 0.224 e. The lowest BCUT2D eigenvalue weighted by atomic mass is 9.86. The number of aryl methyl sites for hydroxylation is 2. The molecule has 0 radical (unpaired) electrons. The van der Waals surface area contributed by atoms with Gasteiger partial charge in [-0.3, -0.25) is 4.79 Å². The summed E-state index contributed by atoms with van der Waals surface area (Å²) in [5.74, 6) is 2.51. The zero-order valence-corrected chi connectivity index (χ0v) is 16.4. The second-order valence-corrected chi connectivity index (χ2v) is 9.20. The molecule has 1 N–H and O–H groups in total. The fraction of sp³-hybridized carbons (Fsp3) is 0.435. The highest BCUT2D eigenvalue weighted by Gasteiger charge is 2.40. The van der Waals surface area contributed by atoms with Gasteiger partial charge in [-0.25, -0.2) is 0 Å². The van der Waals surface area contributed by atoms with Crippen LogP contribution in [0.3, 0.4) is 0 Å². The van der Waals surface area contributed by atoms with Crippen LogP contribution in [0.2, 0.25) is 0 Å². The third-order valence-corrected chi connectivity index (χ3v) is 7.21. The molecular weight excluding hydrogens is 338 g/mol. The summed E-state index contributed by atoms with van der Waals surface area (Å²) in [6, 6.07) is 14.8. The largest absolute Gasteiger partial charge is 0.326 e. The smallest absolute Gasteiger partial charge is 0.224 e. The van der Waals surface area contributed by atoms with E-state index in [9.17, 15) is 4.79 Å². The number of carbonyl (C=O) groups is 1. The molecule has 0 saturated heterocycles. The molecular formula is C23H27NOS. The summed E-state index contributed by atoms with van der Waals surface area (Å²) in [6.45, 7) is 4.27. The monoisotopic (exact) mass is 365 g/mol. The summed E-state index contributed by atoms with van der Waals surface area (Å²) in [6.07, 6.45) is 6.06. The lowest BCUT2D eigenvalue weighted by Gasteiger charge is -2.20. The Bertz CT molecular complexity index is 798. The van der Waals surface area contributed by atoms with Gasteiger partial charge in [-0.1, -0.05) is 30.3 Å². The molecule has 2 aliphatic carbocycles. The SMILES string of the molecule is Cc1ccc(C)c(Sc2ccc(NC(=O)C[C@@H]3C[C@@H]4CC[C@@H]3C4)cc2)c1. The van der Waals surface area contributed by atoms with Crippen molar-refractivity contribution in [3.8, 4) is 0 Å². The Balaban J connectivity index is 1.34. The molecule has 0 spiro atoms. The van der Waals surface area contributed by atoms with Gasteiger partial charge in [0.25, 0.3) is 0 Å². The maximum atomic E-state index is 12.4. The van der Waals surface area contributed by atoms with Crippen LogP contribution < -0.4 is 5.32 Å². The van der Waals surface area contributed by atoms with Crippen LogP contribution in [-0.4, -0.2) is 5.91 Å². The Labute approximate surface area is 160 Å². The maximum absolute atomic E-state index is 12.4. The van der Waals surface area contributed by atoms with E-state index in [2.05, 4.69) is 49.5 Å². The summed E-state index contributed by atoms with van der Waals surface area (Å²) in [4.78, 5) is 14.9. The molecule has 3 heteroatoms. The van der Waals surface area contributed by atoms with Crippen molar-refractivity contribution in [2.24, 2.45) is 17.8 Å². The molecule has 2 fully saturated rings. The average molecular weight is 366 g/mol. The average Bonchev–Trinajstić information content (AvgIpc) is 3.23. The van der Waals surface area contributed by atoms with E-state index in [1.807, 2.05) is 12.1 Å². The summed E-state index contributed by atoms with van der Waals surface area (Å²) in [7, 11) is 0. The van der Waals surface area contributed by atoms with E-state index in [1.54, 1.807) is 11.8 Å². The molecule has 2 aliphatic rings. The van der Waals surface area contributed by atoms with Gasteiger partial charge >= 0.3 is 0 Å². The normalized spacial score (nSPS) is 24.0. The number of hydrogen-bond acceptors (Lipinski definition) is 2. The van der Waals surface area contributed by atoms with E-state index < -0.39 is 0 Å². The van der Waals surface area contributed by atoms with E-state index in [-0.39, 0.29) is 5.91 Å². The number of hydrogen-bond donors (Lipinski definition) is 1. The van der Waals surface area contributed by atoms with Gasteiger partial charge in [0.2, 0.25) is 5.91 Å². The molecule has 136 valence electrons. The van der Waals surface area contributed by atoms with E-state index in [0.717, 1.165) is 17.5 Å². The first-order chi connectivity index (χ1) is 12.6. The van der Waals surface area contributed by atoms with Crippen LogP contribution in [-0.2, 0) is 4.79 Å². The first-order valence-corrected chi connectivity index (χ1v) is 10.5. The first-order valence-electron chi connectivity index (χ1n) is 9.72. The van der Waals surface area contributed by atoms with E-state index in [0.29, 0.717) is 12.3 Å². The van der Waals surface area contributed by atoms with Crippen LogP contribution in [0, 0.1) is 31.6 Å². The number of benzene rings is 2. The minimum absolute atomic E-state index is 0.178. The van der Waals surface area contributed by atoms with E-state index in [1.165, 1.54) is 46.6 Å². The molecule has 2 saturated carbocycles. The standard InChI is InChI=1S/C23H27NOS/c1-15-3-4-16(2)22(11-15)26-21-9-7-20(8-10-21)24-23(25)14-19-13-17-5-6-18(19)12-17/h3-4,7-11,17-19H,5-6,12-14H2,1-2H3,(H,24,25)/t17-,18-,19+/m1/s1. The zero-order chi connectivity index (χ0) is 18.1. The minimum Gasteiger partial charge on any atom is -0.326 e. The molecule has 4 rings (SSSR count). The van der Waals surface area contributed by atoms with Crippen molar-refractivity contribution in [3.63, 3.8) is 0 Å². The van der Waals surface area contributed by atoms with Gasteiger partial charge in [-0.2, -0.15) is 0 Å². The molecule has 2 aromatic rings. The molecule has 0 unspecified atom stereocenters. The first kappa shape index (κ1) is 17.7. The van der Waals surface area contributed by atoms with Crippen molar-refractivity contribution < 1.29 is 4.79 Å². The molecule has 2 bridgehead atoms. The highest BCUT2D eigenvalue weighted by molar-refractivity contribution is 7.99. The van der Waals surface area contributed by atoms with E-state index in [4.69, 9.17) is 0 Å². The lowest BCUT2D eigenvalue weighted by molar-refractivity contribution is -0.117. The van der Waals surface area contributed by atoms with E-state index >= 15 is 0 Å². The van der Waals surface area contributed by atoms with Crippen LogP contribution in [0.1, 0.15) is 43.2 Å². The van der Waals surface area contributed by atoms with Gasteiger partial charge in [0.15, 0.2) is 0 Å². The number of anilines is 1. The van der Waals surface area contributed by atoms with Crippen LogP contribution in [0.4, 0.5) is 5.69 Å². The van der Waals surface area contributed by atoms with Crippen LogP contribution in [0.5, 0.6) is 0 Å². The Morgan fingerprint density at radius 1 is 1.08 bits per heavy atom. The van der Waals surface area contributed by atoms with Crippen molar-refractivity contribution >= 4 is 23.4 Å². The van der Waals surface area contributed by atoms with Gasteiger partial charge in [0.1, 0.15) is 0 Å². The Hall–Kier alpha value is -1.74. The third-order valence-electron chi connectivity index (χ3n) is 6.04. The van der Waals surface area contributed by atoms with Gasteiger partial charge in [0, 0.05) is 21.9 Å². The predicted octanol–water partition coefficient (Wildman–Crippen LogP) is 6.22. The lowest BCUT2D eigenvalue weighted by Crippen LogP contribution is -2.20. The quantitative estimate of drug-likeness (QED) is 0.681. The predicted molar refractivity (Wildman–Crippen MR) is 109 cm³/mol. The topological polar surface area (TPSA) is 29.1 Å². The number of amides is 1. The third kappa shape index (κ3) is 3.98. The Kier molecular flexibility index (Phi) is 5.08. The molecule has 3 atom stereocenters. The molecule has 0 aromatic heterocycles. The van der Waals surface area contributed by atoms with Crippen molar-refractivity contribution in [1.82, 2.24) is 0 Å². The van der Waals surface area contributed by atoms with Crippen molar-refractivity contribution in [2.75, 3.05) is 5.32 Å². The number of nitrogens with one attached hydrogen (secondary N) is 1. The van der Waals surface area contributed by atoms with Gasteiger partial charge in [-0.05, 0) is 92.3 Å². The zero-order valence-electron chi connectivity index (χ0n) is 15.6. The fourth-order valence-corrected chi connectivity index (χ4v) is 5.63. The van der Waals surface area contributed by atoms with Gasteiger partial charge in [0.05, 0.1) is 0 Å². The highest BCUT2D eigenvalue weighted by Crippen LogP contribution is 2.49. The van der Waals surface area contributed by atoms with Crippen molar-refractivity contribution in [2.45, 2.75) is 55.7 Å². The highest BCUT2D eigenvalue weighted by atomic mass is 32.2. The molecule has 26 heavy (non-hydrogen) atoms. The number of carbonyl (C=O) groups excluding carboxylic acids is 1. The van der Waals surface area contributed by atoms with Crippen LogP contribution in [0.25, 0.3) is 0 Å². The van der Waals surface area contributed by atoms with Crippen molar-refractivity contribution in [1.29, 1.82) is 0 Å². The second-order valence-electron chi connectivity index (χ2n) is 8.08. The summed E-state index contributed by atoms with van der Waals surface area (Å²) < 4.78 is 0. The summed E-state index contributed by atoms with van der Waals surface area (Å²) in [5.41, 5.74) is 3.48. The Morgan fingerprint density at radius 3 is 2.58 bits per heavy atom. The Morgan fingerprint density at radius 2 is 1.88 bits per heavy atom. The fourth-order valence-electron chi connectivity index (χ4n) is 4.63. The molecule has 2 nitrogen and oxygen atoms in total.